The van der Waals surface area contributed by atoms with Crippen LogP contribution in [0.15, 0.2) is 18.2 Å². The summed E-state index contributed by atoms with van der Waals surface area (Å²) in [5.74, 6) is -0.729. The van der Waals surface area contributed by atoms with E-state index in [0.717, 1.165) is 12.8 Å². The van der Waals surface area contributed by atoms with Gasteiger partial charge in [0.05, 0.1) is 12.0 Å². The molecule has 1 aromatic carbocycles. The Morgan fingerprint density at radius 2 is 2.18 bits per heavy atom. The van der Waals surface area contributed by atoms with Gasteiger partial charge in [-0.1, -0.05) is 23.8 Å². The molecule has 1 atom stereocenters. The van der Waals surface area contributed by atoms with E-state index in [1.807, 2.05) is 14.1 Å². The van der Waals surface area contributed by atoms with Crippen LogP contribution in [0.3, 0.4) is 0 Å². The number of hydrogen-bond donors (Lipinski definition) is 1. The monoisotopic (exact) mass is 233 g/mol. The Morgan fingerprint density at radius 1 is 1.47 bits per heavy atom. The van der Waals surface area contributed by atoms with Gasteiger partial charge in [0.15, 0.2) is 0 Å². The Labute approximate surface area is 102 Å². The molecule has 1 aliphatic carbocycles. The average molecular weight is 233 g/mol. The lowest BCUT2D eigenvalue weighted by molar-refractivity contribution is -0.140. The predicted molar refractivity (Wildman–Crippen MR) is 67.1 cm³/mol. The van der Waals surface area contributed by atoms with Crippen molar-refractivity contribution >= 4 is 5.97 Å². The molecule has 0 amide bonds. The highest BCUT2D eigenvalue weighted by Crippen LogP contribution is 2.43. The van der Waals surface area contributed by atoms with Gasteiger partial charge in [0.1, 0.15) is 0 Å². The van der Waals surface area contributed by atoms with Crippen LogP contribution in [0.4, 0.5) is 0 Å². The van der Waals surface area contributed by atoms with E-state index in [0.29, 0.717) is 0 Å². The molecule has 1 aliphatic rings. The van der Waals surface area contributed by atoms with E-state index in [2.05, 4.69) is 30.0 Å². The van der Waals surface area contributed by atoms with Gasteiger partial charge in [0.25, 0.3) is 0 Å². The first kappa shape index (κ1) is 12.1. The third kappa shape index (κ3) is 1.95. The average Bonchev–Trinajstić information content (AvgIpc) is 2.57. The maximum absolute atomic E-state index is 11.1. The number of carbonyl (C=O) groups is 1. The molecule has 2 rings (SSSR count). The van der Waals surface area contributed by atoms with Gasteiger partial charge in [-0.15, -0.1) is 0 Å². The normalized spacial score (nSPS) is 22.8. The van der Waals surface area contributed by atoms with E-state index in [1.165, 1.54) is 16.7 Å². The van der Waals surface area contributed by atoms with E-state index in [4.69, 9.17) is 5.11 Å². The molecule has 0 aliphatic heterocycles. The summed E-state index contributed by atoms with van der Waals surface area (Å²) in [6.45, 7) is 2.06. The van der Waals surface area contributed by atoms with E-state index in [1.54, 1.807) is 0 Å². The van der Waals surface area contributed by atoms with Crippen LogP contribution in [0, 0.1) is 6.92 Å². The fourth-order valence-corrected chi connectivity index (χ4v) is 2.87. The van der Waals surface area contributed by atoms with Gasteiger partial charge in [0.2, 0.25) is 0 Å². The molecular formula is C14H19NO2. The van der Waals surface area contributed by atoms with E-state index in [9.17, 15) is 4.79 Å². The summed E-state index contributed by atoms with van der Waals surface area (Å²) in [7, 11) is 3.95. The summed E-state index contributed by atoms with van der Waals surface area (Å²) in [4.78, 5) is 13.2. The highest BCUT2D eigenvalue weighted by molar-refractivity contribution is 5.69. The van der Waals surface area contributed by atoms with Crippen LogP contribution < -0.4 is 0 Å². The SMILES string of the molecule is Cc1ccc2c(c1)C(CC(=O)O)(N(C)C)CC2. The van der Waals surface area contributed by atoms with Crippen molar-refractivity contribution in [2.75, 3.05) is 14.1 Å². The zero-order chi connectivity index (χ0) is 12.6. The second-order valence-corrected chi connectivity index (χ2v) is 5.16. The summed E-state index contributed by atoms with van der Waals surface area (Å²) in [5, 5.41) is 9.16. The van der Waals surface area contributed by atoms with Crippen LogP contribution in [0.1, 0.15) is 29.5 Å². The number of hydrogen-bond acceptors (Lipinski definition) is 2. The summed E-state index contributed by atoms with van der Waals surface area (Å²) in [6, 6.07) is 6.38. The first-order valence-corrected chi connectivity index (χ1v) is 5.95. The first-order chi connectivity index (χ1) is 7.95. The van der Waals surface area contributed by atoms with Crippen molar-refractivity contribution in [2.45, 2.75) is 31.7 Å². The summed E-state index contributed by atoms with van der Waals surface area (Å²) >= 11 is 0. The third-order valence-electron chi connectivity index (χ3n) is 3.87. The molecule has 1 unspecified atom stereocenters. The smallest absolute Gasteiger partial charge is 0.305 e. The maximum Gasteiger partial charge on any atom is 0.305 e. The zero-order valence-corrected chi connectivity index (χ0v) is 10.7. The van der Waals surface area contributed by atoms with E-state index in [-0.39, 0.29) is 12.0 Å². The number of carboxylic acid groups (broad SMARTS) is 1. The van der Waals surface area contributed by atoms with Gasteiger partial charge < -0.3 is 5.11 Å². The van der Waals surface area contributed by atoms with Crippen LogP contribution in [0.25, 0.3) is 0 Å². The lowest BCUT2D eigenvalue weighted by Gasteiger charge is -2.36. The standard InChI is InChI=1S/C14H19NO2/c1-10-4-5-11-6-7-14(15(2)3,9-13(16)17)12(11)8-10/h4-5,8H,6-7,9H2,1-3H3,(H,16,17). The Hall–Kier alpha value is -1.35. The predicted octanol–water partition coefficient (Wildman–Crippen LogP) is 2.17. The fourth-order valence-electron chi connectivity index (χ4n) is 2.87. The zero-order valence-electron chi connectivity index (χ0n) is 10.7. The van der Waals surface area contributed by atoms with Crippen molar-refractivity contribution in [3.8, 4) is 0 Å². The second kappa shape index (κ2) is 4.15. The molecule has 0 spiro atoms. The highest BCUT2D eigenvalue weighted by atomic mass is 16.4. The molecule has 0 fully saturated rings. The number of carboxylic acids is 1. The molecule has 17 heavy (non-hydrogen) atoms. The Bertz CT molecular complexity index is 454. The lowest BCUT2D eigenvalue weighted by Crippen LogP contribution is -2.41. The van der Waals surface area contributed by atoms with Gasteiger partial charge >= 0.3 is 5.97 Å². The van der Waals surface area contributed by atoms with Crippen LogP contribution >= 0.6 is 0 Å². The van der Waals surface area contributed by atoms with Crippen molar-refractivity contribution in [1.29, 1.82) is 0 Å². The minimum absolute atomic E-state index is 0.177. The largest absolute Gasteiger partial charge is 0.481 e. The number of rotatable bonds is 3. The molecular weight excluding hydrogens is 214 g/mol. The summed E-state index contributed by atoms with van der Waals surface area (Å²) < 4.78 is 0. The first-order valence-electron chi connectivity index (χ1n) is 5.95. The Balaban J connectivity index is 2.51. The Kier molecular flexibility index (Phi) is 2.96. The van der Waals surface area contributed by atoms with Gasteiger partial charge in [-0.25, -0.2) is 0 Å². The topological polar surface area (TPSA) is 40.5 Å². The number of fused-ring (bicyclic) bond motifs is 1. The number of benzene rings is 1. The number of nitrogens with zero attached hydrogens (tertiary/aromatic N) is 1. The molecule has 0 aromatic heterocycles. The van der Waals surface area contributed by atoms with Gasteiger partial charge in [0, 0.05) is 0 Å². The van der Waals surface area contributed by atoms with Crippen molar-refractivity contribution < 1.29 is 9.90 Å². The molecule has 0 saturated heterocycles. The second-order valence-electron chi connectivity index (χ2n) is 5.16. The molecule has 0 saturated carbocycles. The highest BCUT2D eigenvalue weighted by Gasteiger charge is 2.42. The van der Waals surface area contributed by atoms with Crippen molar-refractivity contribution in [1.82, 2.24) is 4.90 Å². The van der Waals surface area contributed by atoms with Gasteiger partial charge in [-0.05, 0) is 45.0 Å². The van der Waals surface area contributed by atoms with Crippen molar-refractivity contribution in [3.05, 3.63) is 34.9 Å². The number of aryl methyl sites for hydroxylation is 2. The fraction of sp³-hybridized carbons (Fsp3) is 0.500. The molecule has 0 bridgehead atoms. The van der Waals surface area contributed by atoms with E-state index < -0.39 is 5.97 Å². The third-order valence-corrected chi connectivity index (χ3v) is 3.87. The van der Waals surface area contributed by atoms with Crippen LogP contribution in [-0.2, 0) is 16.8 Å². The van der Waals surface area contributed by atoms with Gasteiger partial charge in [-0.3, -0.25) is 9.69 Å². The summed E-state index contributed by atoms with van der Waals surface area (Å²) in [5.41, 5.74) is 3.37. The molecule has 1 aromatic rings. The molecule has 1 N–H and O–H groups in total. The molecule has 3 nitrogen and oxygen atoms in total. The molecule has 3 heteroatoms. The van der Waals surface area contributed by atoms with Crippen molar-refractivity contribution in [2.24, 2.45) is 0 Å². The minimum Gasteiger partial charge on any atom is -0.481 e. The lowest BCUT2D eigenvalue weighted by atomic mass is 9.86. The van der Waals surface area contributed by atoms with E-state index >= 15 is 0 Å². The maximum atomic E-state index is 11.1. The number of aliphatic carboxylic acids is 1. The van der Waals surface area contributed by atoms with Crippen LogP contribution in [-0.4, -0.2) is 30.1 Å². The molecule has 92 valence electrons. The van der Waals surface area contributed by atoms with Crippen LogP contribution in [0.5, 0.6) is 0 Å². The Morgan fingerprint density at radius 3 is 2.76 bits per heavy atom. The molecule has 0 radical (unpaired) electrons. The molecule has 0 heterocycles. The van der Waals surface area contributed by atoms with Crippen molar-refractivity contribution in [3.63, 3.8) is 0 Å². The summed E-state index contributed by atoms with van der Waals surface area (Å²) in [6.07, 6.45) is 2.04. The quantitative estimate of drug-likeness (QED) is 0.870. The minimum atomic E-state index is -0.729. The van der Waals surface area contributed by atoms with Crippen LogP contribution in [0.2, 0.25) is 0 Å². The van der Waals surface area contributed by atoms with Gasteiger partial charge in [-0.2, -0.15) is 0 Å².